The van der Waals surface area contributed by atoms with E-state index in [1.807, 2.05) is 7.05 Å². The number of rotatable bonds is 5. The third-order valence-electron chi connectivity index (χ3n) is 5.21. The van der Waals surface area contributed by atoms with Crippen LogP contribution >= 0.6 is 0 Å². The topological polar surface area (TPSA) is 39.1 Å². The highest BCUT2D eigenvalue weighted by Crippen LogP contribution is 2.37. The Morgan fingerprint density at radius 2 is 2.11 bits per heavy atom. The van der Waals surface area contributed by atoms with Gasteiger partial charge in [-0.1, -0.05) is 27.2 Å². The molecule has 0 aromatic rings. The maximum Gasteiger partial charge on any atom is 0.109 e. The summed E-state index contributed by atoms with van der Waals surface area (Å²) in [6, 6.07) is 3.09. The summed E-state index contributed by atoms with van der Waals surface area (Å²) < 4.78 is 0. The van der Waals surface area contributed by atoms with Crippen LogP contribution in [0.4, 0.5) is 0 Å². The van der Waals surface area contributed by atoms with Gasteiger partial charge in [-0.2, -0.15) is 5.26 Å². The van der Waals surface area contributed by atoms with Crippen LogP contribution in [0, 0.1) is 22.7 Å². The Hall–Kier alpha value is -0.590. The minimum absolute atomic E-state index is 0.272. The minimum Gasteiger partial charge on any atom is -0.303 e. The fraction of sp³-hybridized carbons (Fsp3) is 0.938. The zero-order valence-electron chi connectivity index (χ0n) is 13.6. The van der Waals surface area contributed by atoms with Crippen molar-refractivity contribution in [3.63, 3.8) is 0 Å². The monoisotopic (exact) mass is 265 g/mol. The van der Waals surface area contributed by atoms with Gasteiger partial charge in [-0.25, -0.2) is 0 Å². The third-order valence-corrected chi connectivity index (χ3v) is 5.21. The van der Waals surface area contributed by atoms with Crippen LogP contribution in [-0.2, 0) is 0 Å². The van der Waals surface area contributed by atoms with Crippen molar-refractivity contribution in [2.24, 2.45) is 11.3 Å². The molecule has 0 bridgehead atoms. The molecule has 3 unspecified atom stereocenters. The third kappa shape index (κ3) is 3.70. The van der Waals surface area contributed by atoms with Crippen molar-refractivity contribution in [1.82, 2.24) is 10.2 Å². The van der Waals surface area contributed by atoms with E-state index in [9.17, 15) is 5.26 Å². The molecule has 0 saturated heterocycles. The first-order valence-electron chi connectivity index (χ1n) is 7.57. The molecule has 1 fully saturated rings. The quantitative estimate of drug-likeness (QED) is 0.830. The Bertz CT molecular complexity index is 326. The first-order chi connectivity index (χ1) is 8.77. The van der Waals surface area contributed by atoms with E-state index in [0.717, 1.165) is 19.4 Å². The van der Waals surface area contributed by atoms with Crippen LogP contribution in [0.5, 0.6) is 0 Å². The summed E-state index contributed by atoms with van der Waals surface area (Å²) in [5, 5.41) is 12.7. The molecule has 3 heteroatoms. The number of nitrogens with zero attached hydrogens (tertiary/aromatic N) is 2. The molecule has 0 heterocycles. The van der Waals surface area contributed by atoms with Gasteiger partial charge >= 0.3 is 0 Å². The predicted octanol–water partition coefficient (Wildman–Crippen LogP) is 3.02. The molecule has 0 amide bonds. The van der Waals surface area contributed by atoms with E-state index >= 15 is 0 Å². The van der Waals surface area contributed by atoms with Gasteiger partial charge in [0.2, 0.25) is 0 Å². The second-order valence-electron chi connectivity index (χ2n) is 7.23. The van der Waals surface area contributed by atoms with Crippen LogP contribution in [0.3, 0.4) is 0 Å². The molecule has 1 aliphatic carbocycles. The highest BCUT2D eigenvalue weighted by atomic mass is 15.1. The molecule has 1 N–H and O–H groups in total. The average Bonchev–Trinajstić information content (AvgIpc) is 2.77. The van der Waals surface area contributed by atoms with E-state index in [-0.39, 0.29) is 5.54 Å². The molecule has 1 rings (SSSR count). The lowest BCUT2D eigenvalue weighted by molar-refractivity contribution is 0.129. The molecular formula is C16H31N3. The van der Waals surface area contributed by atoms with Crippen molar-refractivity contribution in [3.05, 3.63) is 0 Å². The molecule has 110 valence electrons. The summed E-state index contributed by atoms with van der Waals surface area (Å²) in [7, 11) is 4.14. The summed E-state index contributed by atoms with van der Waals surface area (Å²) >= 11 is 0. The maximum absolute atomic E-state index is 9.46. The fourth-order valence-electron chi connectivity index (χ4n) is 3.22. The molecule has 1 aliphatic rings. The number of hydrogen-bond donors (Lipinski definition) is 1. The molecule has 3 nitrogen and oxygen atoms in total. The Morgan fingerprint density at radius 3 is 2.58 bits per heavy atom. The first kappa shape index (κ1) is 16.5. The van der Waals surface area contributed by atoms with Crippen LogP contribution in [0.2, 0.25) is 0 Å². The maximum atomic E-state index is 9.46. The van der Waals surface area contributed by atoms with E-state index < -0.39 is 0 Å². The van der Waals surface area contributed by atoms with Crippen molar-refractivity contribution >= 4 is 0 Å². The number of nitriles is 1. The lowest BCUT2D eigenvalue weighted by Crippen LogP contribution is -2.46. The molecule has 19 heavy (non-hydrogen) atoms. The number of nitrogens with one attached hydrogen (secondary N) is 1. The first-order valence-corrected chi connectivity index (χ1v) is 7.57. The fourth-order valence-corrected chi connectivity index (χ4v) is 3.22. The highest BCUT2D eigenvalue weighted by Gasteiger charge is 2.41. The normalized spacial score (nSPS) is 29.5. The van der Waals surface area contributed by atoms with E-state index in [2.05, 4.69) is 51.0 Å². The second kappa shape index (κ2) is 6.24. The number of hydrogen-bond acceptors (Lipinski definition) is 3. The lowest BCUT2D eigenvalue weighted by atomic mass is 9.84. The van der Waals surface area contributed by atoms with Crippen molar-refractivity contribution in [2.45, 2.75) is 65.0 Å². The standard InChI is InChI=1S/C16H31N3/c1-13(15(2,3)4)19(6)11-9-14-8-7-10-16(14,12-17)18-5/h13-14,18H,7-11H2,1-6H3. The van der Waals surface area contributed by atoms with Gasteiger partial charge in [0.25, 0.3) is 0 Å². The Labute approximate surface area is 119 Å². The van der Waals surface area contributed by atoms with E-state index in [4.69, 9.17) is 0 Å². The Morgan fingerprint density at radius 1 is 1.47 bits per heavy atom. The van der Waals surface area contributed by atoms with Gasteiger partial charge in [0, 0.05) is 6.04 Å². The Kier molecular flexibility index (Phi) is 5.41. The van der Waals surface area contributed by atoms with Gasteiger partial charge in [0.15, 0.2) is 0 Å². The molecule has 3 atom stereocenters. The van der Waals surface area contributed by atoms with Gasteiger partial charge in [-0.3, -0.25) is 0 Å². The molecule has 1 saturated carbocycles. The highest BCUT2D eigenvalue weighted by molar-refractivity contribution is 5.13. The zero-order valence-corrected chi connectivity index (χ0v) is 13.6. The SMILES string of the molecule is CNC1(C#N)CCCC1CCN(C)C(C)C(C)(C)C. The molecule has 0 aromatic carbocycles. The van der Waals surface area contributed by atoms with Crippen molar-refractivity contribution in [3.8, 4) is 6.07 Å². The molecule has 0 spiro atoms. The molecule has 0 radical (unpaired) electrons. The van der Waals surface area contributed by atoms with E-state index in [1.54, 1.807) is 0 Å². The Balaban J connectivity index is 2.55. The van der Waals surface area contributed by atoms with E-state index in [0.29, 0.717) is 17.4 Å². The molecular weight excluding hydrogens is 234 g/mol. The summed E-state index contributed by atoms with van der Waals surface area (Å²) in [5.74, 6) is 0.497. The van der Waals surface area contributed by atoms with Gasteiger partial charge in [0.1, 0.15) is 5.54 Å². The lowest BCUT2D eigenvalue weighted by Gasteiger charge is -2.37. The second-order valence-corrected chi connectivity index (χ2v) is 7.23. The largest absolute Gasteiger partial charge is 0.303 e. The van der Waals surface area contributed by atoms with Crippen LogP contribution in [-0.4, -0.2) is 37.1 Å². The summed E-state index contributed by atoms with van der Waals surface area (Å²) in [5.41, 5.74) is 0.0333. The van der Waals surface area contributed by atoms with Crippen LogP contribution in [0.1, 0.15) is 53.4 Å². The summed E-state index contributed by atoms with van der Waals surface area (Å²) in [6.07, 6.45) is 4.48. The van der Waals surface area contributed by atoms with Crippen molar-refractivity contribution in [2.75, 3.05) is 20.6 Å². The van der Waals surface area contributed by atoms with Crippen molar-refractivity contribution in [1.29, 1.82) is 5.26 Å². The van der Waals surface area contributed by atoms with E-state index in [1.165, 1.54) is 12.8 Å². The van der Waals surface area contributed by atoms with Crippen LogP contribution in [0.25, 0.3) is 0 Å². The summed E-state index contributed by atoms with van der Waals surface area (Å²) in [4.78, 5) is 2.44. The predicted molar refractivity (Wildman–Crippen MR) is 80.9 cm³/mol. The van der Waals surface area contributed by atoms with Gasteiger partial charge < -0.3 is 10.2 Å². The summed E-state index contributed by atoms with van der Waals surface area (Å²) in [6.45, 7) is 10.2. The van der Waals surface area contributed by atoms with Gasteiger partial charge in [-0.15, -0.1) is 0 Å². The zero-order chi connectivity index (χ0) is 14.7. The average molecular weight is 265 g/mol. The molecule has 0 aromatic heterocycles. The smallest absolute Gasteiger partial charge is 0.109 e. The van der Waals surface area contributed by atoms with Crippen molar-refractivity contribution < 1.29 is 0 Å². The van der Waals surface area contributed by atoms with Crippen LogP contribution in [0.15, 0.2) is 0 Å². The van der Waals surface area contributed by atoms with Crippen LogP contribution < -0.4 is 5.32 Å². The minimum atomic E-state index is -0.272. The van der Waals surface area contributed by atoms with Gasteiger partial charge in [0.05, 0.1) is 6.07 Å². The molecule has 0 aliphatic heterocycles. The van der Waals surface area contributed by atoms with Gasteiger partial charge in [-0.05, 0) is 58.2 Å².